The highest BCUT2D eigenvalue weighted by Gasteiger charge is 2.12. The third-order valence-corrected chi connectivity index (χ3v) is 6.71. The molecule has 0 bridgehead atoms. The monoisotopic (exact) mass is 616 g/mol. The average Bonchev–Trinajstić information content (AvgIpc) is 3.73. The van der Waals surface area contributed by atoms with Gasteiger partial charge in [-0.25, -0.2) is 17.6 Å². The van der Waals surface area contributed by atoms with Gasteiger partial charge in [-0.15, -0.1) is 0 Å². The minimum absolute atomic E-state index is 0.106. The van der Waals surface area contributed by atoms with Crippen molar-refractivity contribution in [3.05, 3.63) is 143 Å². The van der Waals surface area contributed by atoms with Crippen molar-refractivity contribution in [1.29, 1.82) is 0 Å². The van der Waals surface area contributed by atoms with E-state index in [4.69, 9.17) is 23.3 Å². The zero-order chi connectivity index (χ0) is 31.2. The molecule has 0 atom stereocenters. The number of hydrogen-bond acceptors (Lipinski definition) is 7. The third kappa shape index (κ3) is 7.57. The van der Waals surface area contributed by atoms with Crippen LogP contribution in [0.2, 0.25) is 0 Å². The number of benzene rings is 4. The minimum atomic E-state index is -0.536. The lowest BCUT2D eigenvalue weighted by molar-refractivity contribution is 0.0727. The molecule has 0 aliphatic carbocycles. The molecule has 2 aromatic heterocycles. The number of hydrogen-bond donors (Lipinski definition) is 0. The van der Waals surface area contributed by atoms with Crippen molar-refractivity contribution < 1.29 is 40.8 Å². The molecule has 0 unspecified atom stereocenters. The summed E-state index contributed by atoms with van der Waals surface area (Å²) in [5.41, 5.74) is 2.97. The molecule has 0 aliphatic rings. The number of ether oxygens (including phenoxy) is 3. The molecule has 6 rings (SSSR count). The van der Waals surface area contributed by atoms with Crippen LogP contribution in [0.1, 0.15) is 22.6 Å². The molecule has 0 N–H and O–H groups in total. The van der Waals surface area contributed by atoms with Gasteiger partial charge in [-0.05, 0) is 84.9 Å². The number of aromatic nitrogens is 2. The third-order valence-electron chi connectivity index (χ3n) is 6.71. The normalized spacial score (nSPS) is 11.1. The molecule has 0 aliphatic heterocycles. The Balaban J connectivity index is 0.969. The van der Waals surface area contributed by atoms with Gasteiger partial charge in [-0.3, -0.25) is 0 Å². The van der Waals surface area contributed by atoms with E-state index in [2.05, 4.69) is 10.3 Å². The van der Waals surface area contributed by atoms with Crippen molar-refractivity contribution in [2.45, 2.75) is 26.4 Å². The lowest BCUT2D eigenvalue weighted by atomic mass is 10.1. The van der Waals surface area contributed by atoms with E-state index in [0.29, 0.717) is 34.4 Å². The Morgan fingerprint density at radius 1 is 0.489 bits per heavy atom. The summed E-state index contributed by atoms with van der Waals surface area (Å²) in [5, 5.41) is 8.16. The second kappa shape index (κ2) is 13.5. The van der Waals surface area contributed by atoms with Crippen molar-refractivity contribution in [3.63, 3.8) is 0 Å². The molecule has 0 radical (unpaired) electrons. The number of nitrogens with zero attached hydrogens (tertiary/aromatic N) is 2. The fourth-order valence-electron chi connectivity index (χ4n) is 4.36. The Kier molecular flexibility index (Phi) is 8.88. The first-order valence-corrected chi connectivity index (χ1v) is 13.7. The van der Waals surface area contributed by atoms with Crippen LogP contribution >= 0.6 is 0 Å². The maximum Gasteiger partial charge on any atom is 0.163 e. The van der Waals surface area contributed by atoms with Crippen LogP contribution in [0, 0.1) is 23.3 Å². The molecule has 11 heteroatoms. The van der Waals surface area contributed by atoms with Crippen molar-refractivity contribution >= 4 is 0 Å². The molecule has 2 heterocycles. The Morgan fingerprint density at radius 2 is 0.911 bits per heavy atom. The van der Waals surface area contributed by atoms with Gasteiger partial charge < -0.3 is 23.3 Å². The van der Waals surface area contributed by atoms with E-state index in [1.165, 1.54) is 0 Å². The van der Waals surface area contributed by atoms with Crippen LogP contribution in [0.25, 0.3) is 22.5 Å². The smallest absolute Gasteiger partial charge is 0.163 e. The first-order valence-electron chi connectivity index (χ1n) is 13.7. The molecule has 0 fully saturated rings. The molecular weight excluding hydrogens is 592 g/mol. The number of rotatable bonds is 12. The standard InChI is InChI=1S/C34H24F4N2O5/c35-25-5-11-31(37)23(13-25)17-42-27-7-1-21(2-8-27)33-15-29(44-39-33)19-41-20-30-16-34(40-45-30)22-3-9-28(10-4-22)43-18-24-14-26(36)6-12-32(24)38/h1-16H,17-20H2. The van der Waals surface area contributed by atoms with E-state index in [1.54, 1.807) is 60.7 Å². The van der Waals surface area contributed by atoms with E-state index in [-0.39, 0.29) is 37.6 Å². The summed E-state index contributed by atoms with van der Waals surface area (Å²) >= 11 is 0. The summed E-state index contributed by atoms with van der Waals surface area (Å²) in [6, 6.07) is 23.8. The maximum absolute atomic E-state index is 13.8. The van der Waals surface area contributed by atoms with E-state index in [0.717, 1.165) is 47.5 Å². The van der Waals surface area contributed by atoms with Gasteiger partial charge in [0.2, 0.25) is 0 Å². The second-order valence-corrected chi connectivity index (χ2v) is 9.95. The fourth-order valence-corrected chi connectivity index (χ4v) is 4.36. The van der Waals surface area contributed by atoms with Crippen LogP contribution in [0.3, 0.4) is 0 Å². The Labute approximate surface area is 254 Å². The molecule has 0 saturated heterocycles. The topological polar surface area (TPSA) is 79.8 Å². The molecule has 4 aromatic carbocycles. The first-order chi connectivity index (χ1) is 21.9. The highest BCUT2D eigenvalue weighted by molar-refractivity contribution is 5.60. The SMILES string of the molecule is Fc1ccc(F)c(COc2ccc(-c3cc(COCc4cc(-c5ccc(OCc6cc(F)ccc6F)cc5)no4)on3)cc2)c1. The van der Waals surface area contributed by atoms with Crippen LogP contribution < -0.4 is 9.47 Å². The Hall–Kier alpha value is -5.42. The van der Waals surface area contributed by atoms with Crippen LogP contribution in [-0.4, -0.2) is 10.3 Å². The minimum Gasteiger partial charge on any atom is -0.489 e. The molecular formula is C34H24F4N2O5. The predicted octanol–water partition coefficient (Wildman–Crippen LogP) is 8.43. The van der Waals surface area contributed by atoms with E-state index < -0.39 is 23.3 Å². The first kappa shape index (κ1) is 29.6. The predicted molar refractivity (Wildman–Crippen MR) is 154 cm³/mol. The fraction of sp³-hybridized carbons (Fsp3) is 0.118. The van der Waals surface area contributed by atoms with Crippen molar-refractivity contribution in [2.75, 3.05) is 0 Å². The summed E-state index contributed by atoms with van der Waals surface area (Å²) in [6.07, 6.45) is 0. The molecule has 7 nitrogen and oxygen atoms in total. The molecule has 0 saturated carbocycles. The lowest BCUT2D eigenvalue weighted by Crippen LogP contribution is -1.99. The average molecular weight is 617 g/mol. The van der Waals surface area contributed by atoms with Gasteiger partial charge >= 0.3 is 0 Å². The van der Waals surface area contributed by atoms with Crippen LogP contribution in [0.5, 0.6) is 11.5 Å². The Morgan fingerprint density at radius 3 is 1.33 bits per heavy atom. The van der Waals surface area contributed by atoms with Crippen LogP contribution in [-0.2, 0) is 31.2 Å². The highest BCUT2D eigenvalue weighted by Crippen LogP contribution is 2.26. The highest BCUT2D eigenvalue weighted by atomic mass is 19.1. The van der Waals surface area contributed by atoms with Gasteiger partial charge in [-0.2, -0.15) is 0 Å². The van der Waals surface area contributed by atoms with Crippen LogP contribution in [0.4, 0.5) is 17.6 Å². The van der Waals surface area contributed by atoms with Crippen molar-refractivity contribution in [1.82, 2.24) is 10.3 Å². The van der Waals surface area contributed by atoms with Gasteiger partial charge in [0.15, 0.2) is 11.5 Å². The summed E-state index contributed by atoms with van der Waals surface area (Å²) in [7, 11) is 0. The molecule has 228 valence electrons. The lowest BCUT2D eigenvalue weighted by Gasteiger charge is -2.07. The number of halogens is 4. The van der Waals surface area contributed by atoms with Crippen molar-refractivity contribution in [2.24, 2.45) is 0 Å². The van der Waals surface area contributed by atoms with E-state index in [1.807, 2.05) is 0 Å². The molecule has 0 spiro atoms. The van der Waals surface area contributed by atoms with Gasteiger partial charge in [0.25, 0.3) is 0 Å². The summed E-state index contributed by atoms with van der Waals surface area (Å²) in [5.74, 6) is -0.156. The molecule has 45 heavy (non-hydrogen) atoms. The Bertz CT molecular complexity index is 1750. The summed E-state index contributed by atoms with van der Waals surface area (Å²) < 4.78 is 81.9. The summed E-state index contributed by atoms with van der Waals surface area (Å²) in [4.78, 5) is 0. The zero-order valence-electron chi connectivity index (χ0n) is 23.5. The zero-order valence-corrected chi connectivity index (χ0v) is 23.5. The van der Waals surface area contributed by atoms with Crippen LogP contribution in [0.15, 0.2) is 106 Å². The maximum atomic E-state index is 13.8. The summed E-state index contributed by atoms with van der Waals surface area (Å²) in [6.45, 7) is 0.0679. The van der Waals surface area contributed by atoms with E-state index >= 15 is 0 Å². The molecule has 6 aromatic rings. The largest absolute Gasteiger partial charge is 0.489 e. The molecule has 0 amide bonds. The quantitative estimate of drug-likeness (QED) is 0.128. The van der Waals surface area contributed by atoms with Gasteiger partial charge in [-0.1, -0.05) is 10.3 Å². The van der Waals surface area contributed by atoms with Gasteiger partial charge in [0, 0.05) is 34.4 Å². The van der Waals surface area contributed by atoms with Gasteiger partial charge in [0.05, 0.1) is 0 Å². The second-order valence-electron chi connectivity index (χ2n) is 9.95. The van der Waals surface area contributed by atoms with Gasteiger partial charge in [0.1, 0.15) is 72.6 Å². The van der Waals surface area contributed by atoms with Crippen molar-refractivity contribution in [3.8, 4) is 34.0 Å². The van der Waals surface area contributed by atoms with E-state index in [9.17, 15) is 17.6 Å².